The molecule has 2 fully saturated rings. The molecule has 1 saturated carbocycles. The van der Waals surface area contributed by atoms with Crippen LogP contribution in [0.3, 0.4) is 0 Å². The van der Waals surface area contributed by atoms with E-state index in [1.165, 1.54) is 18.5 Å². The maximum Gasteiger partial charge on any atom is 0.155 e. The Kier molecular flexibility index (Phi) is 3.67. The van der Waals surface area contributed by atoms with Crippen LogP contribution in [-0.2, 0) is 13.1 Å². The molecule has 4 rings (SSSR count). The molecule has 1 N–H and O–H groups in total. The number of nitrogens with zero attached hydrogens (tertiary/aromatic N) is 6. The number of aryl methyl sites for hydroxylation is 3. The highest BCUT2D eigenvalue weighted by atomic mass is 15.4. The summed E-state index contributed by atoms with van der Waals surface area (Å²) < 4.78 is 2.02. The molecule has 23 heavy (non-hydrogen) atoms. The van der Waals surface area contributed by atoms with Crippen molar-refractivity contribution in [2.45, 2.75) is 52.6 Å². The molecule has 7 nitrogen and oxygen atoms in total. The maximum atomic E-state index is 4.61. The highest BCUT2D eigenvalue weighted by Crippen LogP contribution is 2.47. The van der Waals surface area contributed by atoms with Crippen molar-refractivity contribution in [3.63, 3.8) is 0 Å². The number of hydrogen-bond donors (Lipinski definition) is 1. The Morgan fingerprint density at radius 1 is 1.22 bits per heavy atom. The number of likely N-dealkylation sites (tertiary alicyclic amines) is 1. The summed E-state index contributed by atoms with van der Waals surface area (Å²) in [6.45, 7) is 10.1. The Morgan fingerprint density at radius 2 is 2.04 bits per heavy atom. The van der Waals surface area contributed by atoms with Crippen molar-refractivity contribution < 1.29 is 0 Å². The van der Waals surface area contributed by atoms with E-state index in [1.54, 1.807) is 0 Å². The molecule has 2 aliphatic rings. The Morgan fingerprint density at radius 3 is 2.70 bits per heavy atom. The van der Waals surface area contributed by atoms with Gasteiger partial charge in [0.05, 0.1) is 11.4 Å². The second-order valence-corrected chi connectivity index (χ2v) is 7.02. The van der Waals surface area contributed by atoms with Crippen LogP contribution >= 0.6 is 0 Å². The van der Waals surface area contributed by atoms with Gasteiger partial charge in [0.1, 0.15) is 5.82 Å². The quantitative estimate of drug-likeness (QED) is 0.908. The van der Waals surface area contributed by atoms with Gasteiger partial charge in [-0.15, -0.1) is 5.10 Å². The van der Waals surface area contributed by atoms with Crippen LogP contribution in [0, 0.1) is 25.7 Å². The average Bonchev–Trinajstić information content (AvgIpc) is 3.00. The molecule has 0 aromatic carbocycles. The summed E-state index contributed by atoms with van der Waals surface area (Å²) in [6, 6.07) is 0. The summed E-state index contributed by atoms with van der Waals surface area (Å²) >= 11 is 0. The minimum absolute atomic E-state index is 0.457. The summed E-state index contributed by atoms with van der Waals surface area (Å²) in [6.07, 6.45) is 2.73. The Balaban J connectivity index is 1.53. The Labute approximate surface area is 136 Å². The summed E-state index contributed by atoms with van der Waals surface area (Å²) in [4.78, 5) is 7.15. The largest absolute Gasteiger partial charge is 0.296 e. The van der Waals surface area contributed by atoms with Gasteiger partial charge in [-0.2, -0.15) is 5.10 Å². The standard InChI is InChI=1S/C16H25N7/c1-4-23-15(10(2)18-21-23)9-22-7-13(12-5-6-12)14(8-22)16-17-11(3)19-20-16/h12-14H,4-9H2,1-3H3,(H,17,19,20)/t13-,14+/m0/s1. The van der Waals surface area contributed by atoms with Crippen LogP contribution in [-0.4, -0.2) is 48.2 Å². The molecule has 1 aliphatic carbocycles. The van der Waals surface area contributed by atoms with Crippen LogP contribution in [0.5, 0.6) is 0 Å². The zero-order valence-electron chi connectivity index (χ0n) is 14.2. The van der Waals surface area contributed by atoms with Crippen molar-refractivity contribution in [3.8, 4) is 0 Å². The zero-order valence-corrected chi connectivity index (χ0v) is 14.2. The van der Waals surface area contributed by atoms with Gasteiger partial charge >= 0.3 is 0 Å². The minimum atomic E-state index is 0.457. The Bertz CT molecular complexity index is 684. The first kappa shape index (κ1) is 14.8. The lowest BCUT2D eigenvalue weighted by molar-refractivity contribution is 0.298. The van der Waals surface area contributed by atoms with Gasteiger partial charge in [-0.25, -0.2) is 9.67 Å². The topological polar surface area (TPSA) is 75.5 Å². The fourth-order valence-electron chi connectivity index (χ4n) is 3.92. The van der Waals surface area contributed by atoms with E-state index in [1.807, 2.05) is 11.6 Å². The fourth-order valence-corrected chi connectivity index (χ4v) is 3.92. The van der Waals surface area contributed by atoms with Crippen molar-refractivity contribution in [1.29, 1.82) is 0 Å². The monoisotopic (exact) mass is 315 g/mol. The van der Waals surface area contributed by atoms with E-state index >= 15 is 0 Å². The van der Waals surface area contributed by atoms with Crippen LogP contribution in [0.4, 0.5) is 0 Å². The van der Waals surface area contributed by atoms with Crippen molar-refractivity contribution in [2.24, 2.45) is 11.8 Å². The van der Waals surface area contributed by atoms with Gasteiger partial charge in [0.25, 0.3) is 0 Å². The molecule has 1 aliphatic heterocycles. The van der Waals surface area contributed by atoms with E-state index in [2.05, 4.69) is 44.2 Å². The van der Waals surface area contributed by atoms with Crippen LogP contribution < -0.4 is 0 Å². The highest BCUT2D eigenvalue weighted by molar-refractivity contribution is 5.12. The van der Waals surface area contributed by atoms with Gasteiger partial charge in [0.2, 0.25) is 0 Å². The van der Waals surface area contributed by atoms with Gasteiger partial charge < -0.3 is 0 Å². The molecule has 7 heteroatoms. The fraction of sp³-hybridized carbons (Fsp3) is 0.750. The van der Waals surface area contributed by atoms with E-state index in [0.717, 1.165) is 49.4 Å². The predicted octanol–water partition coefficient (Wildman–Crippen LogP) is 1.66. The van der Waals surface area contributed by atoms with E-state index in [-0.39, 0.29) is 0 Å². The first-order valence-electron chi connectivity index (χ1n) is 8.66. The highest BCUT2D eigenvalue weighted by Gasteiger charge is 2.44. The third-order valence-electron chi connectivity index (χ3n) is 5.32. The van der Waals surface area contributed by atoms with E-state index in [0.29, 0.717) is 11.8 Å². The molecule has 0 radical (unpaired) electrons. The lowest BCUT2D eigenvalue weighted by Gasteiger charge is -2.16. The van der Waals surface area contributed by atoms with E-state index in [9.17, 15) is 0 Å². The predicted molar refractivity (Wildman–Crippen MR) is 85.8 cm³/mol. The number of nitrogens with one attached hydrogen (secondary N) is 1. The van der Waals surface area contributed by atoms with Crippen molar-refractivity contribution in [2.75, 3.05) is 13.1 Å². The number of aromatic nitrogens is 6. The lowest BCUT2D eigenvalue weighted by Crippen LogP contribution is -2.23. The second kappa shape index (κ2) is 5.70. The van der Waals surface area contributed by atoms with Crippen LogP contribution in [0.2, 0.25) is 0 Å². The molecule has 3 heterocycles. The molecule has 0 unspecified atom stereocenters. The molecule has 1 saturated heterocycles. The summed E-state index contributed by atoms with van der Waals surface area (Å²) in [7, 11) is 0. The summed E-state index contributed by atoms with van der Waals surface area (Å²) in [5.74, 6) is 3.92. The first-order chi connectivity index (χ1) is 11.2. The number of rotatable bonds is 5. The summed E-state index contributed by atoms with van der Waals surface area (Å²) in [5, 5.41) is 15.9. The molecule has 2 aromatic rings. The molecular formula is C16H25N7. The molecular weight excluding hydrogens is 290 g/mol. The van der Waals surface area contributed by atoms with Gasteiger partial charge in [-0.1, -0.05) is 5.21 Å². The van der Waals surface area contributed by atoms with Crippen LogP contribution in [0.1, 0.15) is 48.7 Å². The third kappa shape index (κ3) is 2.78. The maximum absolute atomic E-state index is 4.61. The smallest absolute Gasteiger partial charge is 0.155 e. The first-order valence-corrected chi connectivity index (χ1v) is 8.66. The van der Waals surface area contributed by atoms with Crippen molar-refractivity contribution >= 4 is 0 Å². The second-order valence-electron chi connectivity index (χ2n) is 7.02. The van der Waals surface area contributed by atoms with Gasteiger partial charge in [-0.05, 0) is 45.4 Å². The minimum Gasteiger partial charge on any atom is -0.296 e. The van der Waals surface area contributed by atoms with E-state index < -0.39 is 0 Å². The van der Waals surface area contributed by atoms with Crippen molar-refractivity contribution in [1.82, 2.24) is 35.1 Å². The molecule has 124 valence electrons. The van der Waals surface area contributed by atoms with Gasteiger partial charge in [-0.3, -0.25) is 10.00 Å². The van der Waals surface area contributed by atoms with Crippen LogP contribution in [0.25, 0.3) is 0 Å². The van der Waals surface area contributed by atoms with E-state index in [4.69, 9.17) is 0 Å². The molecule has 2 atom stereocenters. The Hall–Kier alpha value is -1.76. The molecule has 0 bridgehead atoms. The SMILES string of the molecule is CCn1nnc(C)c1CN1C[C@@H](c2n[nH]c(C)n2)[C@H](C2CC2)C1. The normalized spacial score (nSPS) is 25.3. The van der Waals surface area contributed by atoms with Crippen molar-refractivity contribution in [3.05, 3.63) is 23.0 Å². The lowest BCUT2D eigenvalue weighted by atomic mass is 9.91. The molecule has 2 aromatic heterocycles. The molecule has 0 amide bonds. The van der Waals surface area contributed by atoms with Crippen LogP contribution in [0.15, 0.2) is 0 Å². The number of H-pyrrole nitrogens is 1. The molecule has 0 spiro atoms. The number of hydrogen-bond acceptors (Lipinski definition) is 5. The number of aromatic amines is 1. The third-order valence-corrected chi connectivity index (χ3v) is 5.32. The summed E-state index contributed by atoms with van der Waals surface area (Å²) in [5.41, 5.74) is 2.29. The van der Waals surface area contributed by atoms with Gasteiger partial charge in [0.15, 0.2) is 5.82 Å². The van der Waals surface area contributed by atoms with Gasteiger partial charge in [0, 0.05) is 32.1 Å². The zero-order chi connectivity index (χ0) is 16.0. The average molecular weight is 315 g/mol.